The fourth-order valence-electron chi connectivity index (χ4n) is 2.93. The molecule has 1 saturated heterocycles. The number of primary amides is 1. The van der Waals surface area contributed by atoms with Gasteiger partial charge in [-0.15, -0.1) is 0 Å². The van der Waals surface area contributed by atoms with Gasteiger partial charge < -0.3 is 5.73 Å². The van der Waals surface area contributed by atoms with Crippen LogP contribution in [0.2, 0.25) is 0 Å². The molecule has 0 saturated carbocycles. The molecule has 1 heterocycles. The molecule has 1 aliphatic heterocycles. The van der Waals surface area contributed by atoms with E-state index in [4.69, 9.17) is 5.73 Å². The van der Waals surface area contributed by atoms with Crippen LogP contribution in [0.4, 0.5) is 0 Å². The van der Waals surface area contributed by atoms with Crippen molar-refractivity contribution in [2.45, 2.75) is 44.6 Å². The van der Waals surface area contributed by atoms with Crippen LogP contribution in [0.3, 0.4) is 0 Å². The Hall–Kier alpha value is -1.35. The number of benzene rings is 1. The summed E-state index contributed by atoms with van der Waals surface area (Å²) in [5.74, 6) is -0.182. The molecule has 0 aliphatic carbocycles. The number of nitrogens with zero attached hydrogens (tertiary/aromatic N) is 1. The molecular formula is C16H24N2O. The molecule has 1 fully saturated rings. The second kappa shape index (κ2) is 7.29. The van der Waals surface area contributed by atoms with Crippen LogP contribution < -0.4 is 5.73 Å². The van der Waals surface area contributed by atoms with Crippen molar-refractivity contribution in [1.29, 1.82) is 0 Å². The minimum Gasteiger partial charge on any atom is -0.370 e. The van der Waals surface area contributed by atoms with E-state index in [2.05, 4.69) is 35.2 Å². The van der Waals surface area contributed by atoms with Crippen molar-refractivity contribution in [2.24, 2.45) is 5.73 Å². The highest BCUT2D eigenvalue weighted by Gasteiger charge is 2.22. The van der Waals surface area contributed by atoms with E-state index in [1.54, 1.807) is 0 Å². The Bertz CT molecular complexity index is 391. The van der Waals surface area contributed by atoms with Crippen LogP contribution in [-0.2, 0) is 4.79 Å². The first kappa shape index (κ1) is 14.1. The van der Waals surface area contributed by atoms with Gasteiger partial charge in [0.05, 0.1) is 0 Å². The van der Waals surface area contributed by atoms with Gasteiger partial charge in [-0.25, -0.2) is 0 Å². The second-order valence-electron chi connectivity index (χ2n) is 5.38. The highest BCUT2D eigenvalue weighted by molar-refractivity contribution is 5.73. The van der Waals surface area contributed by atoms with E-state index >= 15 is 0 Å². The molecule has 0 aromatic heterocycles. The van der Waals surface area contributed by atoms with E-state index in [0.29, 0.717) is 12.5 Å². The molecule has 2 N–H and O–H groups in total. The van der Waals surface area contributed by atoms with Gasteiger partial charge in [0, 0.05) is 12.5 Å². The van der Waals surface area contributed by atoms with Crippen molar-refractivity contribution >= 4 is 5.91 Å². The fraction of sp³-hybridized carbons (Fsp3) is 0.562. The molecule has 0 bridgehead atoms. The van der Waals surface area contributed by atoms with Gasteiger partial charge >= 0.3 is 0 Å². The zero-order chi connectivity index (χ0) is 13.5. The monoisotopic (exact) mass is 260 g/mol. The first-order chi connectivity index (χ1) is 9.27. The van der Waals surface area contributed by atoms with Crippen LogP contribution >= 0.6 is 0 Å². The molecule has 0 spiro atoms. The standard InChI is InChI=1S/C16H24N2O/c17-16(19)11-5-7-13-18-12-6-4-10-15(18)14-8-2-1-3-9-14/h1-3,8-9,15H,4-7,10-13H2,(H2,17,19). The minimum absolute atomic E-state index is 0.182. The van der Waals surface area contributed by atoms with E-state index in [1.165, 1.54) is 31.4 Å². The van der Waals surface area contributed by atoms with Gasteiger partial charge in [-0.1, -0.05) is 36.8 Å². The predicted octanol–water partition coefficient (Wildman–Crippen LogP) is 2.87. The Morgan fingerprint density at radius 2 is 2.00 bits per heavy atom. The lowest BCUT2D eigenvalue weighted by molar-refractivity contribution is -0.118. The number of likely N-dealkylation sites (tertiary alicyclic amines) is 1. The molecule has 104 valence electrons. The van der Waals surface area contributed by atoms with Crippen molar-refractivity contribution in [2.75, 3.05) is 13.1 Å². The number of hydrogen-bond acceptors (Lipinski definition) is 2. The molecule has 1 amide bonds. The molecule has 19 heavy (non-hydrogen) atoms. The molecule has 3 heteroatoms. The highest BCUT2D eigenvalue weighted by atomic mass is 16.1. The maximum Gasteiger partial charge on any atom is 0.217 e. The number of rotatable bonds is 6. The number of piperidine rings is 1. The molecule has 1 atom stereocenters. The smallest absolute Gasteiger partial charge is 0.217 e. The third kappa shape index (κ3) is 4.35. The summed E-state index contributed by atoms with van der Waals surface area (Å²) in [6, 6.07) is 11.3. The average molecular weight is 260 g/mol. The van der Waals surface area contributed by atoms with Gasteiger partial charge in [-0.3, -0.25) is 9.69 Å². The predicted molar refractivity (Wildman–Crippen MR) is 77.7 cm³/mol. The van der Waals surface area contributed by atoms with Gasteiger partial charge in [0.15, 0.2) is 0 Å². The lowest BCUT2D eigenvalue weighted by Gasteiger charge is -2.36. The topological polar surface area (TPSA) is 46.3 Å². The van der Waals surface area contributed by atoms with Gasteiger partial charge in [-0.2, -0.15) is 0 Å². The Morgan fingerprint density at radius 3 is 2.74 bits per heavy atom. The fourth-order valence-corrected chi connectivity index (χ4v) is 2.93. The summed E-state index contributed by atoms with van der Waals surface area (Å²) in [5, 5.41) is 0. The summed E-state index contributed by atoms with van der Waals surface area (Å²) < 4.78 is 0. The van der Waals surface area contributed by atoms with Crippen LogP contribution in [0.15, 0.2) is 30.3 Å². The number of carbonyl (C=O) groups is 1. The largest absolute Gasteiger partial charge is 0.370 e. The Balaban J connectivity index is 1.87. The van der Waals surface area contributed by atoms with Crippen LogP contribution in [0.5, 0.6) is 0 Å². The SMILES string of the molecule is NC(=O)CCCCN1CCCCC1c1ccccc1. The summed E-state index contributed by atoms with van der Waals surface area (Å²) in [6.45, 7) is 2.25. The van der Waals surface area contributed by atoms with E-state index in [-0.39, 0.29) is 5.91 Å². The van der Waals surface area contributed by atoms with Crippen molar-refractivity contribution in [3.63, 3.8) is 0 Å². The Labute approximate surface area is 115 Å². The molecule has 1 aromatic carbocycles. The molecule has 0 radical (unpaired) electrons. The van der Waals surface area contributed by atoms with Crippen molar-refractivity contribution in [1.82, 2.24) is 4.90 Å². The molecular weight excluding hydrogens is 236 g/mol. The first-order valence-corrected chi connectivity index (χ1v) is 7.34. The summed E-state index contributed by atoms with van der Waals surface area (Å²) in [7, 11) is 0. The molecule has 1 unspecified atom stereocenters. The zero-order valence-electron chi connectivity index (χ0n) is 11.6. The number of amides is 1. The van der Waals surface area contributed by atoms with E-state index in [1.807, 2.05) is 0 Å². The maximum atomic E-state index is 10.7. The third-order valence-corrected chi connectivity index (χ3v) is 3.92. The number of carbonyl (C=O) groups excluding carboxylic acids is 1. The second-order valence-corrected chi connectivity index (χ2v) is 5.38. The van der Waals surface area contributed by atoms with Gasteiger partial charge in [0.25, 0.3) is 0 Å². The van der Waals surface area contributed by atoms with Crippen LogP contribution in [0.1, 0.15) is 50.1 Å². The lowest BCUT2D eigenvalue weighted by Crippen LogP contribution is -2.34. The average Bonchev–Trinajstić information content (AvgIpc) is 2.45. The first-order valence-electron chi connectivity index (χ1n) is 7.34. The minimum atomic E-state index is -0.182. The zero-order valence-corrected chi connectivity index (χ0v) is 11.6. The summed E-state index contributed by atoms with van der Waals surface area (Å²) in [5.41, 5.74) is 6.61. The van der Waals surface area contributed by atoms with Crippen LogP contribution in [0.25, 0.3) is 0 Å². The van der Waals surface area contributed by atoms with Crippen molar-refractivity contribution in [3.8, 4) is 0 Å². The Morgan fingerprint density at radius 1 is 1.21 bits per heavy atom. The van der Waals surface area contributed by atoms with Gasteiger partial charge in [0.1, 0.15) is 0 Å². The maximum absolute atomic E-state index is 10.7. The van der Waals surface area contributed by atoms with Gasteiger partial charge in [0.2, 0.25) is 5.91 Å². The van der Waals surface area contributed by atoms with E-state index in [9.17, 15) is 4.79 Å². The molecule has 3 nitrogen and oxygen atoms in total. The van der Waals surface area contributed by atoms with Crippen molar-refractivity contribution in [3.05, 3.63) is 35.9 Å². The quantitative estimate of drug-likeness (QED) is 0.799. The lowest BCUT2D eigenvalue weighted by atomic mass is 9.95. The molecule has 2 rings (SSSR count). The molecule has 1 aromatic rings. The van der Waals surface area contributed by atoms with Crippen LogP contribution in [-0.4, -0.2) is 23.9 Å². The summed E-state index contributed by atoms with van der Waals surface area (Å²) in [6.07, 6.45) is 6.35. The van der Waals surface area contributed by atoms with E-state index < -0.39 is 0 Å². The summed E-state index contributed by atoms with van der Waals surface area (Å²) in [4.78, 5) is 13.3. The molecule has 1 aliphatic rings. The Kier molecular flexibility index (Phi) is 5.40. The third-order valence-electron chi connectivity index (χ3n) is 3.92. The van der Waals surface area contributed by atoms with Crippen molar-refractivity contribution < 1.29 is 4.79 Å². The van der Waals surface area contributed by atoms with Gasteiger partial charge in [-0.05, 0) is 44.3 Å². The number of hydrogen-bond donors (Lipinski definition) is 1. The summed E-state index contributed by atoms with van der Waals surface area (Å²) >= 11 is 0. The van der Waals surface area contributed by atoms with E-state index in [0.717, 1.165) is 19.4 Å². The number of unbranched alkanes of at least 4 members (excludes halogenated alkanes) is 1. The number of nitrogens with two attached hydrogens (primary N) is 1. The normalized spacial score (nSPS) is 20.3. The highest BCUT2D eigenvalue weighted by Crippen LogP contribution is 2.30. The van der Waals surface area contributed by atoms with Crippen LogP contribution in [0, 0.1) is 0 Å².